The molecule has 1 aromatic heterocycles. The van der Waals surface area contributed by atoms with E-state index in [0.29, 0.717) is 22.3 Å². The number of carbonyl (C=O) groups is 1. The zero-order valence-electron chi connectivity index (χ0n) is 17.2. The molecule has 1 heterocycles. The van der Waals surface area contributed by atoms with Gasteiger partial charge in [0, 0.05) is 11.1 Å². The van der Waals surface area contributed by atoms with Crippen molar-refractivity contribution in [3.63, 3.8) is 0 Å². The van der Waals surface area contributed by atoms with Crippen LogP contribution in [0.4, 0.5) is 5.69 Å². The summed E-state index contributed by atoms with van der Waals surface area (Å²) in [6, 6.07) is 21.5. The summed E-state index contributed by atoms with van der Waals surface area (Å²) in [5.74, 6) is -0.266. The van der Waals surface area contributed by atoms with E-state index in [-0.39, 0.29) is 17.3 Å². The SMILES string of the molecule is O=C(CSc1nc2ccccc2n1Cc1ccc(Cl)cc1)N/N=C\c1ccccc1[N+](=O)[O-]. The van der Waals surface area contributed by atoms with Crippen molar-refractivity contribution in [2.45, 2.75) is 11.7 Å². The molecule has 0 unspecified atom stereocenters. The first-order valence-corrected chi connectivity index (χ1v) is 11.3. The Hall–Kier alpha value is -3.69. The Morgan fingerprint density at radius 2 is 1.85 bits per heavy atom. The Bertz CT molecular complexity index is 1340. The number of hydrogen-bond acceptors (Lipinski definition) is 6. The minimum absolute atomic E-state index is 0.0815. The van der Waals surface area contributed by atoms with Gasteiger partial charge in [0.15, 0.2) is 5.16 Å². The molecule has 0 aliphatic carbocycles. The number of hydrogen-bond donors (Lipinski definition) is 1. The number of benzene rings is 3. The molecular weight excluding hydrogens is 462 g/mol. The second-order valence-electron chi connectivity index (χ2n) is 6.99. The molecule has 166 valence electrons. The highest BCUT2D eigenvalue weighted by Gasteiger charge is 2.14. The number of aromatic nitrogens is 2. The molecule has 0 bridgehead atoms. The first-order valence-electron chi connectivity index (χ1n) is 9.89. The van der Waals surface area contributed by atoms with Gasteiger partial charge in [-0.25, -0.2) is 10.4 Å². The van der Waals surface area contributed by atoms with Crippen molar-refractivity contribution < 1.29 is 9.72 Å². The third-order valence-electron chi connectivity index (χ3n) is 4.73. The maximum Gasteiger partial charge on any atom is 0.278 e. The van der Waals surface area contributed by atoms with Gasteiger partial charge in [0.25, 0.3) is 11.6 Å². The number of nitrogens with one attached hydrogen (secondary N) is 1. The second-order valence-corrected chi connectivity index (χ2v) is 8.37. The summed E-state index contributed by atoms with van der Waals surface area (Å²) in [7, 11) is 0. The number of nitro groups is 1. The highest BCUT2D eigenvalue weighted by atomic mass is 35.5. The molecule has 0 aliphatic rings. The van der Waals surface area contributed by atoms with Crippen LogP contribution in [0.5, 0.6) is 0 Å². The van der Waals surface area contributed by atoms with E-state index < -0.39 is 4.92 Å². The Morgan fingerprint density at radius 3 is 2.64 bits per heavy atom. The fraction of sp³-hybridized carbons (Fsp3) is 0.0870. The lowest BCUT2D eigenvalue weighted by atomic mass is 10.2. The molecule has 10 heteroatoms. The van der Waals surface area contributed by atoms with E-state index >= 15 is 0 Å². The average molecular weight is 480 g/mol. The zero-order chi connectivity index (χ0) is 23.2. The lowest BCUT2D eigenvalue weighted by Gasteiger charge is -2.09. The molecular formula is C23H18ClN5O3S. The number of hydrazone groups is 1. The van der Waals surface area contributed by atoms with Gasteiger partial charge in [-0.15, -0.1) is 0 Å². The van der Waals surface area contributed by atoms with Gasteiger partial charge in [-0.2, -0.15) is 5.10 Å². The Labute approximate surface area is 198 Å². The highest BCUT2D eigenvalue weighted by Crippen LogP contribution is 2.25. The standard InChI is InChI=1S/C23H18ClN5O3S/c24-18-11-9-16(10-12-18)14-28-21-8-4-2-6-19(21)26-23(28)33-15-22(30)27-25-13-17-5-1-3-7-20(17)29(31)32/h1-13H,14-15H2,(H,27,30)/b25-13-. The van der Waals surface area contributed by atoms with Gasteiger partial charge in [0.2, 0.25) is 0 Å². The molecule has 0 radical (unpaired) electrons. The number of rotatable bonds is 8. The number of carbonyl (C=O) groups excluding carboxylic acids is 1. The van der Waals surface area contributed by atoms with Gasteiger partial charge >= 0.3 is 0 Å². The predicted molar refractivity (Wildman–Crippen MR) is 130 cm³/mol. The smallest absolute Gasteiger partial charge is 0.278 e. The van der Waals surface area contributed by atoms with Crippen LogP contribution < -0.4 is 5.43 Å². The Morgan fingerprint density at radius 1 is 1.12 bits per heavy atom. The predicted octanol–water partition coefficient (Wildman–Crippen LogP) is 4.89. The number of imidazole rings is 1. The molecule has 33 heavy (non-hydrogen) atoms. The normalized spacial score (nSPS) is 11.2. The summed E-state index contributed by atoms with van der Waals surface area (Å²) in [5, 5.41) is 16.3. The Balaban J connectivity index is 1.45. The van der Waals surface area contributed by atoms with Crippen molar-refractivity contribution in [2.24, 2.45) is 5.10 Å². The summed E-state index contributed by atoms with van der Waals surface area (Å²) in [6.07, 6.45) is 1.26. The second kappa shape index (κ2) is 10.3. The molecule has 0 saturated heterocycles. The van der Waals surface area contributed by atoms with Crippen LogP contribution in [0, 0.1) is 10.1 Å². The third-order valence-corrected chi connectivity index (χ3v) is 5.96. The van der Waals surface area contributed by atoms with Gasteiger partial charge in [-0.3, -0.25) is 14.9 Å². The molecule has 0 spiro atoms. The van der Waals surface area contributed by atoms with Gasteiger partial charge < -0.3 is 4.57 Å². The monoisotopic (exact) mass is 479 g/mol. The number of halogens is 1. The number of amides is 1. The minimum atomic E-state index is -0.496. The molecule has 4 rings (SSSR count). The number of nitro benzene ring substituents is 1. The largest absolute Gasteiger partial charge is 0.314 e. The zero-order valence-corrected chi connectivity index (χ0v) is 18.8. The van der Waals surface area contributed by atoms with Crippen LogP contribution in [0.3, 0.4) is 0 Å². The first kappa shape index (κ1) is 22.5. The average Bonchev–Trinajstić information content (AvgIpc) is 3.16. The van der Waals surface area contributed by atoms with E-state index in [9.17, 15) is 14.9 Å². The van der Waals surface area contributed by atoms with Gasteiger partial charge in [0.05, 0.1) is 40.0 Å². The molecule has 0 atom stereocenters. The Kier molecular flexibility index (Phi) is 7.01. The van der Waals surface area contributed by atoms with Crippen molar-refractivity contribution in [1.29, 1.82) is 0 Å². The van der Waals surface area contributed by atoms with Crippen LogP contribution in [0.1, 0.15) is 11.1 Å². The quantitative estimate of drug-likeness (QED) is 0.168. The summed E-state index contributed by atoms with van der Waals surface area (Å²) >= 11 is 7.29. The van der Waals surface area contributed by atoms with Crippen LogP contribution in [0.25, 0.3) is 11.0 Å². The van der Waals surface area contributed by atoms with E-state index in [1.165, 1.54) is 24.0 Å². The summed E-state index contributed by atoms with van der Waals surface area (Å²) in [6.45, 7) is 0.581. The van der Waals surface area contributed by atoms with E-state index in [1.807, 2.05) is 53.1 Å². The summed E-state index contributed by atoms with van der Waals surface area (Å²) < 4.78 is 2.05. The van der Waals surface area contributed by atoms with Crippen molar-refractivity contribution in [2.75, 3.05) is 5.75 Å². The van der Waals surface area contributed by atoms with Crippen molar-refractivity contribution in [3.8, 4) is 0 Å². The van der Waals surface area contributed by atoms with Crippen molar-refractivity contribution in [3.05, 3.63) is 99.1 Å². The molecule has 0 aliphatic heterocycles. The number of para-hydroxylation sites is 3. The maximum atomic E-state index is 12.3. The lowest BCUT2D eigenvalue weighted by molar-refractivity contribution is -0.385. The maximum absolute atomic E-state index is 12.3. The summed E-state index contributed by atoms with van der Waals surface area (Å²) in [5.41, 5.74) is 5.49. The van der Waals surface area contributed by atoms with E-state index in [0.717, 1.165) is 16.6 Å². The third kappa shape index (κ3) is 5.57. The van der Waals surface area contributed by atoms with Crippen LogP contribution >= 0.6 is 23.4 Å². The van der Waals surface area contributed by atoms with E-state index in [2.05, 4.69) is 15.5 Å². The van der Waals surface area contributed by atoms with Crippen molar-refractivity contribution in [1.82, 2.24) is 15.0 Å². The highest BCUT2D eigenvalue weighted by molar-refractivity contribution is 7.99. The fourth-order valence-corrected chi connectivity index (χ4v) is 4.12. The van der Waals surface area contributed by atoms with Crippen LogP contribution in [-0.4, -0.2) is 32.3 Å². The van der Waals surface area contributed by atoms with E-state index in [4.69, 9.17) is 11.6 Å². The van der Waals surface area contributed by atoms with Crippen molar-refractivity contribution >= 4 is 52.2 Å². The number of fused-ring (bicyclic) bond motifs is 1. The first-order chi connectivity index (χ1) is 16.0. The van der Waals surface area contributed by atoms with Gasteiger partial charge in [-0.05, 0) is 35.9 Å². The molecule has 0 saturated carbocycles. The fourth-order valence-electron chi connectivity index (χ4n) is 3.19. The van der Waals surface area contributed by atoms with Crippen LogP contribution in [-0.2, 0) is 11.3 Å². The topological polar surface area (TPSA) is 102 Å². The molecule has 0 fully saturated rings. The number of thioether (sulfide) groups is 1. The van der Waals surface area contributed by atoms with Crippen LogP contribution in [0.2, 0.25) is 5.02 Å². The number of nitrogens with zero attached hydrogens (tertiary/aromatic N) is 4. The molecule has 4 aromatic rings. The molecule has 1 amide bonds. The van der Waals surface area contributed by atoms with Gasteiger partial charge in [-0.1, -0.05) is 59.8 Å². The van der Waals surface area contributed by atoms with Crippen LogP contribution in [0.15, 0.2) is 83.1 Å². The van der Waals surface area contributed by atoms with Gasteiger partial charge in [0.1, 0.15) is 0 Å². The lowest BCUT2D eigenvalue weighted by Crippen LogP contribution is -2.20. The molecule has 3 aromatic carbocycles. The molecule has 1 N–H and O–H groups in total. The summed E-state index contributed by atoms with van der Waals surface area (Å²) in [4.78, 5) is 27.6. The minimum Gasteiger partial charge on any atom is -0.314 e. The van der Waals surface area contributed by atoms with E-state index in [1.54, 1.807) is 18.2 Å². The molecule has 8 nitrogen and oxygen atoms in total.